The molecule has 144 valence electrons. The van der Waals surface area contributed by atoms with E-state index >= 15 is 0 Å². The van der Waals surface area contributed by atoms with Gasteiger partial charge in [-0.3, -0.25) is 9.89 Å². The smallest absolute Gasteiger partial charge is 0.191 e. The Bertz CT molecular complexity index is 334. The standard InChI is InChI=1S/C16H35N5O2.HI/c1-5-17-16(18-7-6-10-23-12-11-22-4)19-13-15-14-20(2)8-9-21(15)3;/h15H,5-14H2,1-4H3,(H2,17,18,19);1H. The lowest BCUT2D eigenvalue weighted by Gasteiger charge is -2.36. The highest BCUT2D eigenvalue weighted by Crippen LogP contribution is 2.05. The monoisotopic (exact) mass is 457 g/mol. The number of nitrogens with zero attached hydrogens (tertiary/aromatic N) is 3. The summed E-state index contributed by atoms with van der Waals surface area (Å²) in [6.07, 6.45) is 0.959. The third kappa shape index (κ3) is 10.7. The summed E-state index contributed by atoms with van der Waals surface area (Å²) < 4.78 is 10.4. The molecule has 0 amide bonds. The number of ether oxygens (including phenoxy) is 2. The Balaban J connectivity index is 0.00000529. The first-order valence-electron chi connectivity index (χ1n) is 8.65. The number of hydrogen-bond donors (Lipinski definition) is 2. The second kappa shape index (κ2) is 15.1. The molecule has 0 radical (unpaired) electrons. The van der Waals surface area contributed by atoms with Gasteiger partial charge in [0.15, 0.2) is 5.96 Å². The highest BCUT2D eigenvalue weighted by atomic mass is 127. The Kier molecular flexibility index (Phi) is 15.0. The number of nitrogens with one attached hydrogen (secondary N) is 2. The molecule has 0 bridgehead atoms. The molecule has 1 aliphatic rings. The van der Waals surface area contributed by atoms with Crippen LogP contribution in [0.2, 0.25) is 0 Å². The lowest BCUT2D eigenvalue weighted by molar-refractivity contribution is 0.0698. The molecule has 0 aromatic heterocycles. The minimum Gasteiger partial charge on any atom is -0.382 e. The third-order valence-electron chi connectivity index (χ3n) is 3.97. The second-order valence-electron chi connectivity index (χ2n) is 6.00. The van der Waals surface area contributed by atoms with Crippen LogP contribution in [0.1, 0.15) is 13.3 Å². The van der Waals surface area contributed by atoms with Crippen LogP contribution in [0.5, 0.6) is 0 Å². The fourth-order valence-corrected chi connectivity index (χ4v) is 2.46. The van der Waals surface area contributed by atoms with Gasteiger partial charge in [0.05, 0.1) is 19.8 Å². The molecule has 1 heterocycles. The van der Waals surface area contributed by atoms with Gasteiger partial charge in [0.2, 0.25) is 0 Å². The van der Waals surface area contributed by atoms with E-state index in [0.29, 0.717) is 19.3 Å². The molecule has 1 aliphatic heterocycles. The summed E-state index contributed by atoms with van der Waals surface area (Å²) in [5.41, 5.74) is 0. The van der Waals surface area contributed by atoms with Gasteiger partial charge >= 0.3 is 0 Å². The van der Waals surface area contributed by atoms with Crippen molar-refractivity contribution in [3.05, 3.63) is 0 Å². The van der Waals surface area contributed by atoms with Gasteiger partial charge in [0, 0.05) is 52.5 Å². The van der Waals surface area contributed by atoms with Crippen LogP contribution in [0.25, 0.3) is 0 Å². The molecule has 1 saturated heterocycles. The zero-order valence-corrected chi connectivity index (χ0v) is 18.0. The van der Waals surface area contributed by atoms with Crippen molar-refractivity contribution in [3.63, 3.8) is 0 Å². The lowest BCUT2D eigenvalue weighted by atomic mass is 10.2. The van der Waals surface area contributed by atoms with Crippen LogP contribution in [0.15, 0.2) is 4.99 Å². The highest BCUT2D eigenvalue weighted by Gasteiger charge is 2.21. The minimum absolute atomic E-state index is 0. The zero-order valence-electron chi connectivity index (χ0n) is 15.7. The predicted molar refractivity (Wildman–Crippen MR) is 111 cm³/mol. The van der Waals surface area contributed by atoms with Crippen molar-refractivity contribution in [1.82, 2.24) is 20.4 Å². The Morgan fingerprint density at radius 1 is 1.17 bits per heavy atom. The number of hydrogen-bond acceptors (Lipinski definition) is 5. The molecule has 24 heavy (non-hydrogen) atoms. The number of piperazine rings is 1. The summed E-state index contributed by atoms with van der Waals surface area (Å²) >= 11 is 0. The topological polar surface area (TPSA) is 61.4 Å². The summed E-state index contributed by atoms with van der Waals surface area (Å²) in [5.74, 6) is 0.894. The van der Waals surface area contributed by atoms with Gasteiger partial charge in [-0.2, -0.15) is 0 Å². The molecular formula is C16H36IN5O2. The maximum absolute atomic E-state index is 5.46. The van der Waals surface area contributed by atoms with Gasteiger partial charge in [0.1, 0.15) is 0 Å². The summed E-state index contributed by atoms with van der Waals surface area (Å²) in [6.45, 7) is 10.0. The molecule has 7 nitrogen and oxygen atoms in total. The average Bonchev–Trinajstić information content (AvgIpc) is 2.54. The van der Waals surface area contributed by atoms with Crippen LogP contribution in [0.4, 0.5) is 0 Å². The van der Waals surface area contributed by atoms with E-state index in [1.54, 1.807) is 7.11 Å². The highest BCUT2D eigenvalue weighted by molar-refractivity contribution is 14.0. The summed E-state index contributed by atoms with van der Waals surface area (Å²) in [4.78, 5) is 9.51. The molecule has 1 fully saturated rings. The molecule has 0 saturated carbocycles. The lowest BCUT2D eigenvalue weighted by Crippen LogP contribution is -2.51. The van der Waals surface area contributed by atoms with E-state index in [1.807, 2.05) is 0 Å². The van der Waals surface area contributed by atoms with Gasteiger partial charge in [-0.05, 0) is 27.4 Å². The van der Waals surface area contributed by atoms with Crippen molar-refractivity contribution in [2.45, 2.75) is 19.4 Å². The predicted octanol–water partition coefficient (Wildman–Crippen LogP) is 0.458. The molecule has 0 aromatic carbocycles. The SMILES string of the molecule is CCNC(=NCC1CN(C)CCN1C)NCCCOCCOC.I. The van der Waals surface area contributed by atoms with E-state index in [9.17, 15) is 0 Å². The Labute approximate surface area is 164 Å². The molecule has 8 heteroatoms. The summed E-state index contributed by atoms with van der Waals surface area (Å²) in [7, 11) is 6.05. The Hall–Kier alpha value is -0.160. The minimum atomic E-state index is 0. The van der Waals surface area contributed by atoms with Crippen LogP contribution >= 0.6 is 24.0 Å². The Morgan fingerprint density at radius 2 is 1.96 bits per heavy atom. The van der Waals surface area contributed by atoms with Gasteiger partial charge in [0.25, 0.3) is 0 Å². The van der Waals surface area contributed by atoms with Gasteiger partial charge < -0.3 is 25.0 Å². The van der Waals surface area contributed by atoms with Gasteiger partial charge in [-0.1, -0.05) is 0 Å². The van der Waals surface area contributed by atoms with Crippen LogP contribution < -0.4 is 10.6 Å². The summed E-state index contributed by atoms with van der Waals surface area (Å²) in [5, 5.41) is 6.68. The quantitative estimate of drug-likeness (QED) is 0.215. The Morgan fingerprint density at radius 3 is 2.67 bits per heavy atom. The number of methoxy groups -OCH3 is 1. The summed E-state index contributed by atoms with van der Waals surface area (Å²) in [6, 6.07) is 0.488. The van der Waals surface area contributed by atoms with Crippen LogP contribution in [0, 0.1) is 0 Å². The first-order chi connectivity index (χ1) is 11.2. The van der Waals surface area contributed by atoms with Crippen molar-refractivity contribution >= 4 is 29.9 Å². The van der Waals surface area contributed by atoms with Crippen LogP contribution in [-0.2, 0) is 9.47 Å². The maximum Gasteiger partial charge on any atom is 0.191 e. The largest absolute Gasteiger partial charge is 0.382 e. The van der Waals surface area contributed by atoms with Gasteiger partial charge in [-0.25, -0.2) is 0 Å². The van der Waals surface area contributed by atoms with E-state index in [1.165, 1.54) is 0 Å². The first-order valence-corrected chi connectivity index (χ1v) is 8.65. The molecule has 1 atom stereocenters. The van der Waals surface area contributed by atoms with Crippen molar-refractivity contribution in [1.29, 1.82) is 0 Å². The van der Waals surface area contributed by atoms with Crippen LogP contribution in [0.3, 0.4) is 0 Å². The van der Waals surface area contributed by atoms with E-state index in [2.05, 4.69) is 41.5 Å². The zero-order chi connectivity index (χ0) is 16.9. The first kappa shape index (κ1) is 23.8. The normalized spacial score (nSPS) is 19.8. The molecule has 1 unspecified atom stereocenters. The molecule has 0 spiro atoms. The van der Waals surface area contributed by atoms with E-state index in [-0.39, 0.29) is 24.0 Å². The van der Waals surface area contributed by atoms with Crippen molar-refractivity contribution in [2.75, 3.05) is 80.3 Å². The van der Waals surface area contributed by atoms with Crippen molar-refractivity contribution in [2.24, 2.45) is 4.99 Å². The molecule has 1 rings (SSSR count). The average molecular weight is 457 g/mol. The van der Waals surface area contributed by atoms with Crippen molar-refractivity contribution < 1.29 is 9.47 Å². The molecule has 0 aliphatic carbocycles. The van der Waals surface area contributed by atoms with E-state index < -0.39 is 0 Å². The fraction of sp³-hybridized carbons (Fsp3) is 0.938. The van der Waals surface area contributed by atoms with Gasteiger partial charge in [-0.15, -0.1) is 24.0 Å². The molecular weight excluding hydrogens is 421 g/mol. The number of halogens is 1. The number of guanidine groups is 1. The second-order valence-corrected chi connectivity index (χ2v) is 6.00. The molecule has 2 N–H and O–H groups in total. The van der Waals surface area contributed by atoms with Crippen LogP contribution in [-0.4, -0.2) is 102 Å². The number of aliphatic imine (C=N–C) groups is 1. The maximum atomic E-state index is 5.46. The number of likely N-dealkylation sites (N-methyl/N-ethyl adjacent to an activating group) is 2. The van der Waals surface area contributed by atoms with E-state index in [0.717, 1.165) is 58.3 Å². The van der Waals surface area contributed by atoms with E-state index in [4.69, 9.17) is 14.5 Å². The number of rotatable bonds is 10. The van der Waals surface area contributed by atoms with Crippen molar-refractivity contribution in [3.8, 4) is 0 Å². The third-order valence-corrected chi connectivity index (χ3v) is 3.97. The molecule has 0 aromatic rings. The fourth-order valence-electron chi connectivity index (χ4n) is 2.46.